The highest BCUT2D eigenvalue weighted by Gasteiger charge is 2.11. The summed E-state index contributed by atoms with van der Waals surface area (Å²) < 4.78 is 2.98. The first-order chi connectivity index (χ1) is 7.63. The first kappa shape index (κ1) is 11.6. The van der Waals surface area contributed by atoms with Crippen molar-refractivity contribution in [3.05, 3.63) is 34.1 Å². The normalized spacial score (nSPS) is 10.8. The van der Waals surface area contributed by atoms with Crippen LogP contribution in [-0.4, -0.2) is 14.8 Å². The van der Waals surface area contributed by atoms with E-state index in [1.165, 1.54) is 0 Å². The molecule has 0 amide bonds. The van der Waals surface area contributed by atoms with Crippen LogP contribution in [0.3, 0.4) is 0 Å². The van der Waals surface area contributed by atoms with Gasteiger partial charge in [0.05, 0.1) is 5.88 Å². The number of alkyl halides is 1. The molecule has 0 aliphatic heterocycles. The third-order valence-corrected chi connectivity index (χ3v) is 3.25. The number of hydrogen-bond acceptors (Lipinski definition) is 2. The summed E-state index contributed by atoms with van der Waals surface area (Å²) in [4.78, 5) is 0. The maximum atomic E-state index is 5.77. The number of aryl methyl sites for hydroxylation is 1. The minimum absolute atomic E-state index is 0.374. The quantitative estimate of drug-likeness (QED) is 0.797. The monoisotopic (exact) mass is 299 g/mol. The smallest absolute Gasteiger partial charge is 0.163 e. The van der Waals surface area contributed by atoms with E-state index < -0.39 is 0 Å². The Morgan fingerprint density at radius 1 is 1.38 bits per heavy atom. The van der Waals surface area contributed by atoms with Crippen molar-refractivity contribution in [3.63, 3.8) is 0 Å². The highest BCUT2D eigenvalue weighted by Crippen LogP contribution is 2.24. The van der Waals surface area contributed by atoms with E-state index in [0.717, 1.165) is 27.2 Å². The standard InChI is InChI=1S/C11H11BrClN3/c1-7-5-8(12)3-4-9(7)11-15-14-10(6-13)16(11)2/h3-5H,6H2,1-2H3. The van der Waals surface area contributed by atoms with Gasteiger partial charge in [-0.25, -0.2) is 0 Å². The molecule has 0 aliphatic rings. The number of hydrogen-bond donors (Lipinski definition) is 0. The molecule has 0 aliphatic carbocycles. The largest absolute Gasteiger partial charge is 0.313 e. The van der Waals surface area contributed by atoms with Gasteiger partial charge in [-0.1, -0.05) is 15.9 Å². The van der Waals surface area contributed by atoms with Crippen LogP contribution in [0.5, 0.6) is 0 Å². The topological polar surface area (TPSA) is 30.7 Å². The average Bonchev–Trinajstić information content (AvgIpc) is 2.60. The summed E-state index contributed by atoms with van der Waals surface area (Å²) in [6.45, 7) is 2.05. The van der Waals surface area contributed by atoms with Crippen molar-refractivity contribution in [1.82, 2.24) is 14.8 Å². The van der Waals surface area contributed by atoms with Crippen molar-refractivity contribution in [2.75, 3.05) is 0 Å². The van der Waals surface area contributed by atoms with Gasteiger partial charge in [0.25, 0.3) is 0 Å². The van der Waals surface area contributed by atoms with Gasteiger partial charge in [0.1, 0.15) is 5.82 Å². The lowest BCUT2D eigenvalue weighted by atomic mass is 10.1. The van der Waals surface area contributed by atoms with Gasteiger partial charge in [-0.3, -0.25) is 0 Å². The van der Waals surface area contributed by atoms with Crippen LogP contribution in [0, 0.1) is 6.92 Å². The van der Waals surface area contributed by atoms with Gasteiger partial charge in [0, 0.05) is 17.1 Å². The Hall–Kier alpha value is -0.870. The molecule has 1 heterocycles. The fraction of sp³-hybridized carbons (Fsp3) is 0.273. The number of nitrogens with zero attached hydrogens (tertiary/aromatic N) is 3. The SMILES string of the molecule is Cc1cc(Br)ccc1-c1nnc(CCl)n1C. The molecule has 5 heteroatoms. The summed E-state index contributed by atoms with van der Waals surface area (Å²) in [5, 5.41) is 8.20. The van der Waals surface area contributed by atoms with E-state index >= 15 is 0 Å². The number of benzene rings is 1. The second kappa shape index (κ2) is 4.55. The van der Waals surface area contributed by atoms with Crippen LogP contribution in [-0.2, 0) is 12.9 Å². The van der Waals surface area contributed by atoms with Gasteiger partial charge in [-0.2, -0.15) is 0 Å². The van der Waals surface area contributed by atoms with Gasteiger partial charge in [0.2, 0.25) is 0 Å². The maximum absolute atomic E-state index is 5.77. The summed E-state index contributed by atoms with van der Waals surface area (Å²) in [6, 6.07) is 6.09. The van der Waals surface area contributed by atoms with Crippen LogP contribution in [0.25, 0.3) is 11.4 Å². The molecule has 0 unspecified atom stereocenters. The first-order valence-corrected chi connectivity index (χ1v) is 6.17. The molecule has 0 N–H and O–H groups in total. The molecule has 0 bridgehead atoms. The van der Waals surface area contributed by atoms with E-state index in [-0.39, 0.29) is 0 Å². The molecule has 84 valence electrons. The number of rotatable bonds is 2. The predicted molar refractivity (Wildman–Crippen MR) is 68.4 cm³/mol. The Labute approximate surface area is 108 Å². The van der Waals surface area contributed by atoms with Gasteiger partial charge in [-0.05, 0) is 30.7 Å². The Balaban J connectivity index is 2.54. The van der Waals surface area contributed by atoms with Crippen molar-refractivity contribution in [2.45, 2.75) is 12.8 Å². The number of halogens is 2. The highest BCUT2D eigenvalue weighted by molar-refractivity contribution is 9.10. The third-order valence-electron chi connectivity index (χ3n) is 2.51. The van der Waals surface area contributed by atoms with Gasteiger partial charge < -0.3 is 4.57 Å². The van der Waals surface area contributed by atoms with Crippen molar-refractivity contribution >= 4 is 27.5 Å². The number of aromatic nitrogens is 3. The Morgan fingerprint density at radius 2 is 2.12 bits per heavy atom. The van der Waals surface area contributed by atoms with E-state index in [4.69, 9.17) is 11.6 Å². The van der Waals surface area contributed by atoms with Crippen LogP contribution in [0.1, 0.15) is 11.4 Å². The molecular weight excluding hydrogens is 289 g/mol. The summed E-state index contributed by atoms with van der Waals surface area (Å²) in [7, 11) is 1.93. The molecule has 2 aromatic rings. The van der Waals surface area contributed by atoms with E-state index in [9.17, 15) is 0 Å². The second-order valence-corrected chi connectivity index (χ2v) is 4.77. The molecule has 3 nitrogen and oxygen atoms in total. The molecule has 2 rings (SSSR count). The van der Waals surface area contributed by atoms with Crippen LogP contribution in [0.2, 0.25) is 0 Å². The molecule has 0 spiro atoms. The summed E-state index contributed by atoms with van der Waals surface area (Å²) in [5.74, 6) is 2.00. The van der Waals surface area contributed by atoms with E-state index in [1.807, 2.05) is 23.7 Å². The van der Waals surface area contributed by atoms with Gasteiger partial charge in [0.15, 0.2) is 5.82 Å². The summed E-state index contributed by atoms with van der Waals surface area (Å²) >= 11 is 9.21. The van der Waals surface area contributed by atoms with Crippen LogP contribution in [0.4, 0.5) is 0 Å². The molecule has 1 aromatic carbocycles. The van der Waals surface area contributed by atoms with Crippen LogP contribution >= 0.6 is 27.5 Å². The fourth-order valence-corrected chi connectivity index (χ4v) is 2.30. The zero-order valence-electron chi connectivity index (χ0n) is 9.04. The molecule has 0 atom stereocenters. The lowest BCUT2D eigenvalue weighted by Gasteiger charge is -2.06. The van der Waals surface area contributed by atoms with E-state index in [0.29, 0.717) is 5.88 Å². The van der Waals surface area contributed by atoms with Crippen molar-refractivity contribution in [2.24, 2.45) is 7.05 Å². The van der Waals surface area contributed by atoms with E-state index in [2.05, 4.69) is 39.1 Å². The predicted octanol–water partition coefficient (Wildman–Crippen LogP) is 3.29. The minimum Gasteiger partial charge on any atom is -0.313 e. The lowest BCUT2D eigenvalue weighted by Crippen LogP contribution is -1.98. The molecule has 16 heavy (non-hydrogen) atoms. The zero-order chi connectivity index (χ0) is 11.7. The van der Waals surface area contributed by atoms with E-state index in [1.54, 1.807) is 0 Å². The molecule has 0 fully saturated rings. The molecule has 0 saturated carbocycles. The summed E-state index contributed by atoms with van der Waals surface area (Å²) in [6.07, 6.45) is 0. The average molecular weight is 301 g/mol. The molecular formula is C11H11BrClN3. The second-order valence-electron chi connectivity index (χ2n) is 3.59. The van der Waals surface area contributed by atoms with Gasteiger partial charge >= 0.3 is 0 Å². The fourth-order valence-electron chi connectivity index (χ4n) is 1.59. The van der Waals surface area contributed by atoms with Crippen LogP contribution in [0.15, 0.2) is 22.7 Å². The van der Waals surface area contributed by atoms with Crippen molar-refractivity contribution < 1.29 is 0 Å². The molecule has 0 saturated heterocycles. The highest BCUT2D eigenvalue weighted by atomic mass is 79.9. The van der Waals surface area contributed by atoms with Crippen LogP contribution < -0.4 is 0 Å². The lowest BCUT2D eigenvalue weighted by molar-refractivity contribution is 0.853. The Morgan fingerprint density at radius 3 is 2.69 bits per heavy atom. The minimum atomic E-state index is 0.374. The third kappa shape index (κ3) is 1.99. The van der Waals surface area contributed by atoms with Gasteiger partial charge in [-0.15, -0.1) is 21.8 Å². The maximum Gasteiger partial charge on any atom is 0.163 e. The zero-order valence-corrected chi connectivity index (χ0v) is 11.4. The van der Waals surface area contributed by atoms with Crippen molar-refractivity contribution in [3.8, 4) is 11.4 Å². The Kier molecular flexibility index (Phi) is 3.30. The first-order valence-electron chi connectivity index (χ1n) is 4.84. The van der Waals surface area contributed by atoms with Crippen molar-refractivity contribution in [1.29, 1.82) is 0 Å². The molecule has 0 radical (unpaired) electrons. The molecule has 1 aromatic heterocycles. The summed E-state index contributed by atoms with van der Waals surface area (Å²) in [5.41, 5.74) is 2.24. The Bertz CT molecular complexity index is 522.